The minimum atomic E-state index is 0.537. The van der Waals surface area contributed by atoms with Gasteiger partial charge in [0.15, 0.2) is 11.5 Å². The highest BCUT2D eigenvalue weighted by atomic mass is 16.5. The highest BCUT2D eigenvalue weighted by Crippen LogP contribution is 2.30. The zero-order valence-corrected chi connectivity index (χ0v) is 14.0. The summed E-state index contributed by atoms with van der Waals surface area (Å²) in [6.07, 6.45) is 1.62. The van der Waals surface area contributed by atoms with Crippen molar-refractivity contribution in [2.24, 2.45) is 0 Å². The summed E-state index contributed by atoms with van der Waals surface area (Å²) >= 11 is 0. The molecule has 0 fully saturated rings. The average Bonchev–Trinajstić information content (AvgIpc) is 3.32. The third kappa shape index (κ3) is 2.31. The molecule has 0 N–H and O–H groups in total. The van der Waals surface area contributed by atoms with E-state index in [1.807, 2.05) is 60.7 Å². The molecule has 26 heavy (non-hydrogen) atoms. The lowest BCUT2D eigenvalue weighted by atomic mass is 10.1. The average molecular weight is 342 g/mol. The van der Waals surface area contributed by atoms with E-state index >= 15 is 0 Å². The number of furan rings is 1. The fourth-order valence-corrected chi connectivity index (χ4v) is 2.94. The van der Waals surface area contributed by atoms with E-state index in [2.05, 4.69) is 15.1 Å². The van der Waals surface area contributed by atoms with Crippen LogP contribution in [0.1, 0.15) is 0 Å². The van der Waals surface area contributed by atoms with E-state index in [9.17, 15) is 0 Å². The number of aromatic nitrogens is 4. The van der Waals surface area contributed by atoms with Crippen LogP contribution >= 0.6 is 0 Å². The molecule has 0 atom stereocenters. The largest absolute Gasteiger partial charge is 0.497 e. The normalized spacial score (nSPS) is 11.3. The number of nitrogens with zero attached hydrogens (tertiary/aromatic N) is 4. The summed E-state index contributed by atoms with van der Waals surface area (Å²) in [5.74, 6) is 2.19. The Kier molecular flexibility index (Phi) is 3.21. The molecule has 0 bridgehead atoms. The quantitative estimate of drug-likeness (QED) is 0.491. The Morgan fingerprint density at radius 3 is 2.54 bits per heavy atom. The molecule has 0 saturated heterocycles. The van der Waals surface area contributed by atoms with Crippen molar-refractivity contribution in [2.45, 2.75) is 0 Å². The van der Waals surface area contributed by atoms with Crippen LogP contribution in [0.3, 0.4) is 0 Å². The van der Waals surface area contributed by atoms with Crippen molar-refractivity contribution in [1.82, 2.24) is 19.6 Å². The van der Waals surface area contributed by atoms with Crippen molar-refractivity contribution in [3.63, 3.8) is 0 Å². The maximum Gasteiger partial charge on any atom is 0.231 e. The van der Waals surface area contributed by atoms with Crippen molar-refractivity contribution in [2.75, 3.05) is 7.11 Å². The molecule has 0 unspecified atom stereocenters. The molecule has 126 valence electrons. The molecule has 0 amide bonds. The number of rotatable bonds is 3. The van der Waals surface area contributed by atoms with Crippen LogP contribution in [0, 0.1) is 0 Å². The number of methoxy groups -OCH3 is 1. The van der Waals surface area contributed by atoms with Gasteiger partial charge in [-0.2, -0.15) is 0 Å². The Morgan fingerprint density at radius 1 is 0.962 bits per heavy atom. The molecule has 2 aromatic carbocycles. The van der Waals surface area contributed by atoms with Gasteiger partial charge in [0.05, 0.1) is 12.5 Å². The van der Waals surface area contributed by atoms with Crippen molar-refractivity contribution in [3.8, 4) is 28.5 Å². The standard InChI is InChI=1S/C20H14N4O2/c1-25-15-9-7-13(8-10-15)17-11-16-19-22-18(14-5-3-2-4-6-14)23-24(19)12-21-20(16)26-17/h2-12H,1H3. The van der Waals surface area contributed by atoms with Crippen LogP contribution in [0.25, 0.3) is 39.5 Å². The van der Waals surface area contributed by atoms with Gasteiger partial charge in [-0.15, -0.1) is 5.10 Å². The van der Waals surface area contributed by atoms with Crippen molar-refractivity contribution < 1.29 is 9.15 Å². The van der Waals surface area contributed by atoms with Crippen molar-refractivity contribution in [1.29, 1.82) is 0 Å². The molecule has 0 spiro atoms. The van der Waals surface area contributed by atoms with E-state index in [-0.39, 0.29) is 0 Å². The summed E-state index contributed by atoms with van der Waals surface area (Å²) < 4.78 is 12.8. The number of hydrogen-bond donors (Lipinski definition) is 0. The Morgan fingerprint density at radius 2 is 1.77 bits per heavy atom. The topological polar surface area (TPSA) is 65.5 Å². The zero-order chi connectivity index (χ0) is 17.5. The lowest BCUT2D eigenvalue weighted by Gasteiger charge is -1.99. The molecule has 5 rings (SSSR count). The molecule has 5 aromatic rings. The molecule has 6 nitrogen and oxygen atoms in total. The van der Waals surface area contributed by atoms with E-state index in [1.54, 1.807) is 18.0 Å². The summed E-state index contributed by atoms with van der Waals surface area (Å²) in [6, 6.07) is 19.5. The van der Waals surface area contributed by atoms with E-state index in [0.717, 1.165) is 33.7 Å². The minimum absolute atomic E-state index is 0.537. The highest BCUT2D eigenvalue weighted by Gasteiger charge is 2.14. The van der Waals surface area contributed by atoms with Gasteiger partial charge < -0.3 is 9.15 Å². The molecule has 0 radical (unpaired) electrons. The second-order valence-electron chi connectivity index (χ2n) is 5.87. The third-order valence-electron chi connectivity index (χ3n) is 4.28. The summed E-state index contributed by atoms with van der Waals surface area (Å²) in [5.41, 5.74) is 3.17. The molecular weight excluding hydrogens is 328 g/mol. The lowest BCUT2D eigenvalue weighted by molar-refractivity contribution is 0.415. The Hall–Kier alpha value is -3.67. The molecular formula is C20H14N4O2. The van der Waals surface area contributed by atoms with Crippen LogP contribution in [-0.2, 0) is 0 Å². The maximum absolute atomic E-state index is 5.92. The maximum atomic E-state index is 5.92. The fraction of sp³-hybridized carbons (Fsp3) is 0.0500. The van der Waals surface area contributed by atoms with E-state index < -0.39 is 0 Å². The van der Waals surface area contributed by atoms with Crippen LogP contribution in [0.4, 0.5) is 0 Å². The predicted molar refractivity (Wildman–Crippen MR) is 98.0 cm³/mol. The monoisotopic (exact) mass is 342 g/mol. The Labute approximate surface area is 148 Å². The van der Waals surface area contributed by atoms with Gasteiger partial charge in [0.2, 0.25) is 5.71 Å². The van der Waals surface area contributed by atoms with Crippen molar-refractivity contribution in [3.05, 3.63) is 67.0 Å². The van der Waals surface area contributed by atoms with Gasteiger partial charge >= 0.3 is 0 Å². The predicted octanol–water partition coefficient (Wildman–Crippen LogP) is 4.21. The van der Waals surface area contributed by atoms with Crippen LogP contribution in [0.5, 0.6) is 5.75 Å². The van der Waals surface area contributed by atoms with Gasteiger partial charge in [0.1, 0.15) is 17.8 Å². The molecule has 0 aliphatic rings. The van der Waals surface area contributed by atoms with Crippen LogP contribution in [-0.4, -0.2) is 26.7 Å². The molecule has 3 heterocycles. The fourth-order valence-electron chi connectivity index (χ4n) is 2.94. The van der Waals surface area contributed by atoms with Crippen LogP contribution < -0.4 is 4.74 Å². The second kappa shape index (κ2) is 5.70. The lowest BCUT2D eigenvalue weighted by Crippen LogP contribution is -1.89. The van der Waals surface area contributed by atoms with Crippen molar-refractivity contribution >= 4 is 16.7 Å². The molecule has 0 aliphatic carbocycles. The second-order valence-corrected chi connectivity index (χ2v) is 5.87. The Balaban J connectivity index is 1.65. The SMILES string of the molecule is COc1ccc(-c2cc3c(ncn4nc(-c5ccccc5)nc34)o2)cc1. The van der Waals surface area contributed by atoms with E-state index in [1.165, 1.54) is 0 Å². The molecule has 6 heteroatoms. The van der Waals surface area contributed by atoms with Gasteiger partial charge in [-0.1, -0.05) is 30.3 Å². The minimum Gasteiger partial charge on any atom is -0.497 e. The van der Waals surface area contributed by atoms with Gasteiger partial charge in [-0.05, 0) is 30.3 Å². The van der Waals surface area contributed by atoms with E-state index in [0.29, 0.717) is 11.5 Å². The Bertz CT molecular complexity index is 1210. The summed E-state index contributed by atoms with van der Waals surface area (Å²) in [4.78, 5) is 9.04. The number of hydrogen-bond acceptors (Lipinski definition) is 5. The first-order chi connectivity index (χ1) is 12.8. The number of fused-ring (bicyclic) bond motifs is 3. The van der Waals surface area contributed by atoms with Crippen LogP contribution in [0.2, 0.25) is 0 Å². The van der Waals surface area contributed by atoms with E-state index in [4.69, 9.17) is 9.15 Å². The van der Waals surface area contributed by atoms with Gasteiger partial charge in [0, 0.05) is 11.1 Å². The number of ether oxygens (including phenoxy) is 1. The third-order valence-corrected chi connectivity index (χ3v) is 4.28. The van der Waals surface area contributed by atoms with Gasteiger partial charge in [0.25, 0.3) is 0 Å². The summed E-state index contributed by atoms with van der Waals surface area (Å²) in [5, 5.41) is 5.35. The highest BCUT2D eigenvalue weighted by molar-refractivity contribution is 5.91. The number of benzene rings is 2. The zero-order valence-electron chi connectivity index (χ0n) is 14.0. The molecule has 0 aliphatic heterocycles. The van der Waals surface area contributed by atoms with Crippen LogP contribution in [0.15, 0.2) is 71.4 Å². The first-order valence-electron chi connectivity index (χ1n) is 8.16. The van der Waals surface area contributed by atoms with Gasteiger partial charge in [-0.3, -0.25) is 0 Å². The first kappa shape index (κ1) is 14.7. The summed E-state index contributed by atoms with van der Waals surface area (Å²) in [7, 11) is 1.65. The van der Waals surface area contributed by atoms with Gasteiger partial charge in [-0.25, -0.2) is 14.5 Å². The molecule has 3 aromatic heterocycles. The first-order valence-corrected chi connectivity index (χ1v) is 8.16. The smallest absolute Gasteiger partial charge is 0.231 e. The summed E-state index contributed by atoms with van der Waals surface area (Å²) in [6.45, 7) is 0. The molecule has 0 saturated carbocycles.